The Balaban J connectivity index is 1.44. The topological polar surface area (TPSA) is 96.4 Å². The van der Waals surface area contributed by atoms with E-state index in [1.165, 1.54) is 22.5 Å². The van der Waals surface area contributed by atoms with Gasteiger partial charge in [-0.1, -0.05) is 53.9 Å². The van der Waals surface area contributed by atoms with E-state index in [1.807, 2.05) is 36.4 Å². The Kier molecular flexibility index (Phi) is 7.06. The molecule has 3 aromatic carbocycles. The minimum absolute atomic E-state index is 0.0528. The largest absolute Gasteiger partial charge is 0.280 e. The minimum Gasteiger partial charge on any atom is -0.280 e. The summed E-state index contributed by atoms with van der Waals surface area (Å²) < 4.78 is 55.5. The highest BCUT2D eigenvalue weighted by Crippen LogP contribution is 2.34. The summed E-state index contributed by atoms with van der Waals surface area (Å²) in [6.07, 6.45) is 2.14. The second kappa shape index (κ2) is 10.1. The van der Waals surface area contributed by atoms with E-state index in [-0.39, 0.29) is 21.4 Å². The lowest BCUT2D eigenvalue weighted by Crippen LogP contribution is -2.32. The van der Waals surface area contributed by atoms with E-state index in [4.69, 9.17) is 23.2 Å². The van der Waals surface area contributed by atoms with E-state index in [9.17, 15) is 16.8 Å². The van der Waals surface area contributed by atoms with Crippen molar-refractivity contribution in [1.29, 1.82) is 0 Å². The number of fused-ring (bicyclic) bond motifs is 1. The SMILES string of the molecule is O=S(=O)(Nc1ccc(Cl)c(-c2ccc3ccccc3n2)c1)c1ccc(N2CCCCCS2(=O)=O)cc1Cl. The Labute approximate surface area is 226 Å². The molecule has 1 aromatic heterocycles. The zero-order chi connectivity index (χ0) is 26.2. The fourth-order valence-electron chi connectivity index (χ4n) is 4.33. The maximum Gasteiger partial charge on any atom is 0.263 e. The van der Waals surface area contributed by atoms with E-state index >= 15 is 0 Å². The highest BCUT2D eigenvalue weighted by atomic mass is 35.5. The Morgan fingerprint density at radius 3 is 2.49 bits per heavy atom. The second-order valence-corrected chi connectivity index (χ2v) is 13.2. The maximum atomic E-state index is 13.2. The molecule has 0 atom stereocenters. The number of nitrogens with one attached hydrogen (secondary N) is 1. The van der Waals surface area contributed by atoms with Gasteiger partial charge in [0.25, 0.3) is 10.0 Å². The molecule has 5 rings (SSSR count). The standard InChI is InChI=1S/C26H23Cl2N3O4S2/c27-22-11-9-19(16-21(22)25-12-8-18-6-2-3-7-24(18)29-25)30-37(34,35)26-13-10-20(17-23(26)28)31-14-4-1-5-15-36(31,32)33/h2-3,6-13,16-17,30H,1,4-5,14-15H2. The Morgan fingerprint density at radius 2 is 1.68 bits per heavy atom. The van der Waals surface area contributed by atoms with Crippen LogP contribution in [0, 0.1) is 0 Å². The number of sulfonamides is 2. The lowest BCUT2D eigenvalue weighted by Gasteiger charge is -2.23. The maximum absolute atomic E-state index is 13.2. The average molecular weight is 577 g/mol. The van der Waals surface area contributed by atoms with E-state index < -0.39 is 20.0 Å². The summed E-state index contributed by atoms with van der Waals surface area (Å²) in [6, 6.07) is 20.4. The van der Waals surface area contributed by atoms with Crippen LogP contribution in [0.4, 0.5) is 11.4 Å². The van der Waals surface area contributed by atoms with E-state index in [2.05, 4.69) is 9.71 Å². The molecule has 0 amide bonds. The summed E-state index contributed by atoms with van der Waals surface area (Å²) in [7, 11) is -7.57. The van der Waals surface area contributed by atoms with Crippen LogP contribution < -0.4 is 9.03 Å². The minimum atomic E-state index is -4.09. The van der Waals surface area contributed by atoms with Crippen molar-refractivity contribution in [2.75, 3.05) is 21.3 Å². The van der Waals surface area contributed by atoms with Crippen LogP contribution in [0.1, 0.15) is 19.3 Å². The van der Waals surface area contributed by atoms with Gasteiger partial charge in [-0.3, -0.25) is 9.03 Å². The number of hydrogen-bond acceptors (Lipinski definition) is 5. The highest BCUT2D eigenvalue weighted by molar-refractivity contribution is 7.93. The summed E-state index contributed by atoms with van der Waals surface area (Å²) in [4.78, 5) is 4.49. The van der Waals surface area contributed by atoms with E-state index in [0.717, 1.165) is 23.7 Å². The van der Waals surface area contributed by atoms with Crippen molar-refractivity contribution < 1.29 is 16.8 Å². The predicted molar refractivity (Wildman–Crippen MR) is 149 cm³/mol. The van der Waals surface area contributed by atoms with Crippen LogP contribution in [-0.4, -0.2) is 34.1 Å². The molecule has 1 aliphatic rings. The predicted octanol–water partition coefficient (Wildman–Crippen LogP) is 6.33. The molecule has 0 saturated carbocycles. The molecule has 0 unspecified atom stereocenters. The smallest absolute Gasteiger partial charge is 0.263 e. The van der Waals surface area contributed by atoms with E-state index in [0.29, 0.717) is 34.9 Å². The van der Waals surface area contributed by atoms with Gasteiger partial charge in [-0.2, -0.15) is 0 Å². The van der Waals surface area contributed by atoms with Crippen molar-refractivity contribution in [2.24, 2.45) is 0 Å². The fraction of sp³-hybridized carbons (Fsp3) is 0.192. The molecule has 192 valence electrons. The summed E-state index contributed by atoms with van der Waals surface area (Å²) >= 11 is 12.8. The third-order valence-corrected chi connectivity index (χ3v) is 10.2. The van der Waals surface area contributed by atoms with Crippen LogP contribution in [0.2, 0.25) is 10.0 Å². The zero-order valence-corrected chi connectivity index (χ0v) is 22.7. The van der Waals surface area contributed by atoms with Crippen molar-refractivity contribution in [2.45, 2.75) is 24.2 Å². The van der Waals surface area contributed by atoms with Gasteiger partial charge in [0, 0.05) is 23.2 Å². The van der Waals surface area contributed by atoms with Gasteiger partial charge in [0.05, 0.1) is 32.7 Å². The van der Waals surface area contributed by atoms with Gasteiger partial charge in [-0.15, -0.1) is 0 Å². The normalized spacial score (nSPS) is 15.9. The molecule has 4 aromatic rings. The van der Waals surface area contributed by atoms with Gasteiger partial charge in [0.2, 0.25) is 10.0 Å². The molecule has 2 heterocycles. The Morgan fingerprint density at radius 1 is 0.865 bits per heavy atom. The average Bonchev–Trinajstić information content (AvgIpc) is 3.04. The second-order valence-electron chi connectivity index (χ2n) is 8.75. The number of anilines is 2. The molecule has 1 fully saturated rings. The third kappa shape index (κ3) is 5.40. The number of nitrogens with zero attached hydrogens (tertiary/aromatic N) is 2. The molecular formula is C26H23Cl2N3O4S2. The third-order valence-electron chi connectivity index (χ3n) is 6.19. The number of benzene rings is 3. The lowest BCUT2D eigenvalue weighted by molar-refractivity contribution is 0.592. The van der Waals surface area contributed by atoms with Gasteiger partial charge in [-0.25, -0.2) is 21.8 Å². The monoisotopic (exact) mass is 575 g/mol. The molecular weight excluding hydrogens is 553 g/mol. The molecule has 0 aliphatic carbocycles. The molecule has 0 spiro atoms. The van der Waals surface area contributed by atoms with Gasteiger partial charge < -0.3 is 0 Å². The van der Waals surface area contributed by atoms with Gasteiger partial charge in [0.1, 0.15) is 4.90 Å². The number of halogens is 2. The number of aromatic nitrogens is 1. The van der Waals surface area contributed by atoms with Crippen molar-refractivity contribution in [3.63, 3.8) is 0 Å². The first-order chi connectivity index (χ1) is 17.6. The van der Waals surface area contributed by atoms with Crippen LogP contribution in [-0.2, 0) is 20.0 Å². The van der Waals surface area contributed by atoms with Crippen molar-refractivity contribution in [3.05, 3.63) is 82.8 Å². The molecule has 37 heavy (non-hydrogen) atoms. The Bertz CT molecular complexity index is 1710. The van der Waals surface area contributed by atoms with Gasteiger partial charge >= 0.3 is 0 Å². The molecule has 1 N–H and O–H groups in total. The van der Waals surface area contributed by atoms with Crippen molar-refractivity contribution in [1.82, 2.24) is 4.98 Å². The molecule has 1 saturated heterocycles. The summed E-state index contributed by atoms with van der Waals surface area (Å²) in [5, 5.41) is 1.33. The summed E-state index contributed by atoms with van der Waals surface area (Å²) in [5.74, 6) is 0.0528. The number of para-hydroxylation sites is 1. The van der Waals surface area contributed by atoms with Crippen LogP contribution in [0.15, 0.2) is 77.7 Å². The van der Waals surface area contributed by atoms with Crippen LogP contribution >= 0.6 is 23.2 Å². The zero-order valence-electron chi connectivity index (χ0n) is 19.6. The fourth-order valence-corrected chi connectivity index (χ4v) is 7.76. The van der Waals surface area contributed by atoms with Crippen LogP contribution in [0.3, 0.4) is 0 Å². The first-order valence-electron chi connectivity index (χ1n) is 11.6. The molecule has 0 radical (unpaired) electrons. The molecule has 7 nitrogen and oxygen atoms in total. The van der Waals surface area contributed by atoms with Gasteiger partial charge in [0.15, 0.2) is 0 Å². The van der Waals surface area contributed by atoms with Crippen LogP contribution in [0.25, 0.3) is 22.2 Å². The number of hydrogen-bond donors (Lipinski definition) is 1. The molecule has 1 aliphatic heterocycles. The first-order valence-corrected chi connectivity index (χ1v) is 15.5. The van der Waals surface area contributed by atoms with Crippen LogP contribution in [0.5, 0.6) is 0 Å². The summed E-state index contributed by atoms with van der Waals surface area (Å²) in [5.41, 5.74) is 2.60. The number of pyridine rings is 1. The molecule has 11 heteroatoms. The highest BCUT2D eigenvalue weighted by Gasteiger charge is 2.26. The van der Waals surface area contributed by atoms with E-state index in [1.54, 1.807) is 18.2 Å². The Hall–Kier alpha value is -2.85. The lowest BCUT2D eigenvalue weighted by atomic mass is 10.1. The first kappa shape index (κ1) is 25.8. The van der Waals surface area contributed by atoms with Gasteiger partial charge in [-0.05, 0) is 61.4 Å². The van der Waals surface area contributed by atoms with Crippen molar-refractivity contribution >= 4 is 65.5 Å². The number of rotatable bonds is 5. The quantitative estimate of drug-likeness (QED) is 0.300. The molecule has 0 bridgehead atoms. The van der Waals surface area contributed by atoms with Crippen molar-refractivity contribution in [3.8, 4) is 11.3 Å². The summed E-state index contributed by atoms with van der Waals surface area (Å²) in [6.45, 7) is 0.333.